The van der Waals surface area contributed by atoms with Gasteiger partial charge < -0.3 is 14.8 Å². The highest BCUT2D eigenvalue weighted by atomic mass is 16.5. The van der Waals surface area contributed by atoms with Gasteiger partial charge in [0.1, 0.15) is 12.3 Å². The van der Waals surface area contributed by atoms with E-state index in [1.54, 1.807) is 36.4 Å². The van der Waals surface area contributed by atoms with Crippen molar-refractivity contribution in [2.24, 2.45) is 0 Å². The van der Waals surface area contributed by atoms with E-state index in [1.807, 2.05) is 26.8 Å². The number of carbonyl (C=O) groups is 3. The van der Waals surface area contributed by atoms with E-state index in [0.717, 1.165) is 11.1 Å². The van der Waals surface area contributed by atoms with Crippen LogP contribution in [0.2, 0.25) is 0 Å². The number of esters is 1. The lowest BCUT2D eigenvalue weighted by molar-refractivity contribution is -0.145. The van der Waals surface area contributed by atoms with Crippen LogP contribution in [0.3, 0.4) is 0 Å². The molecule has 0 spiro atoms. The summed E-state index contributed by atoms with van der Waals surface area (Å²) in [5, 5.41) is 2.49. The van der Waals surface area contributed by atoms with Gasteiger partial charge >= 0.3 is 5.97 Å². The van der Waals surface area contributed by atoms with E-state index >= 15 is 0 Å². The Bertz CT molecular complexity index is 875. The van der Waals surface area contributed by atoms with Crippen LogP contribution in [0.4, 0.5) is 0 Å². The van der Waals surface area contributed by atoms with Gasteiger partial charge in [-0.15, -0.1) is 0 Å². The van der Waals surface area contributed by atoms with Crippen molar-refractivity contribution in [3.05, 3.63) is 64.7 Å². The lowest BCUT2D eigenvalue weighted by atomic mass is 10.0. The van der Waals surface area contributed by atoms with Crippen molar-refractivity contribution in [1.29, 1.82) is 0 Å². The first-order chi connectivity index (χ1) is 13.3. The van der Waals surface area contributed by atoms with E-state index in [1.165, 1.54) is 6.92 Å². The summed E-state index contributed by atoms with van der Waals surface area (Å²) in [4.78, 5) is 36.8. The van der Waals surface area contributed by atoms with Crippen molar-refractivity contribution < 1.29 is 23.9 Å². The lowest BCUT2D eigenvalue weighted by Crippen LogP contribution is -2.34. The monoisotopic (exact) mass is 383 g/mol. The van der Waals surface area contributed by atoms with Gasteiger partial charge in [-0.1, -0.05) is 24.3 Å². The Kier molecular flexibility index (Phi) is 7.32. The summed E-state index contributed by atoms with van der Waals surface area (Å²) in [5.41, 5.74) is 2.88. The van der Waals surface area contributed by atoms with Crippen LogP contribution in [0.1, 0.15) is 45.7 Å². The largest absolute Gasteiger partial charge is 0.493 e. The number of ether oxygens (including phenoxy) is 2. The predicted molar refractivity (Wildman–Crippen MR) is 106 cm³/mol. The summed E-state index contributed by atoms with van der Waals surface area (Å²) < 4.78 is 10.6. The van der Waals surface area contributed by atoms with Gasteiger partial charge in [0.25, 0.3) is 5.91 Å². The third kappa shape index (κ3) is 5.42. The van der Waals surface area contributed by atoms with Crippen LogP contribution in [0.15, 0.2) is 42.5 Å². The number of hydrogen-bond acceptors (Lipinski definition) is 5. The van der Waals surface area contributed by atoms with Crippen LogP contribution >= 0.6 is 0 Å². The van der Waals surface area contributed by atoms with Crippen molar-refractivity contribution >= 4 is 17.7 Å². The number of benzene rings is 2. The highest BCUT2D eigenvalue weighted by molar-refractivity contribution is 6.01. The standard InChI is InChI=1S/C22H25NO5/c1-5-27-19-9-7-6-8-18(19)22(26)23-13-20(24)28-16(4)21(25)17-11-10-14(2)15(3)12-17/h6-12,16H,5,13H2,1-4H3,(H,23,26). The van der Waals surface area contributed by atoms with E-state index in [0.29, 0.717) is 23.5 Å². The van der Waals surface area contributed by atoms with E-state index in [9.17, 15) is 14.4 Å². The molecule has 0 heterocycles. The van der Waals surface area contributed by atoms with Gasteiger partial charge in [-0.05, 0) is 57.0 Å². The molecule has 1 unspecified atom stereocenters. The van der Waals surface area contributed by atoms with Gasteiger partial charge in [-0.2, -0.15) is 0 Å². The molecule has 2 aromatic carbocycles. The molecule has 148 valence electrons. The van der Waals surface area contributed by atoms with Crippen LogP contribution in [0.25, 0.3) is 0 Å². The van der Waals surface area contributed by atoms with E-state index in [-0.39, 0.29) is 12.3 Å². The van der Waals surface area contributed by atoms with E-state index in [4.69, 9.17) is 9.47 Å². The third-order valence-electron chi connectivity index (χ3n) is 4.29. The second-order valence-corrected chi connectivity index (χ2v) is 6.41. The van der Waals surface area contributed by atoms with Crippen LogP contribution in [-0.4, -0.2) is 36.9 Å². The number of amides is 1. The average Bonchev–Trinajstić information content (AvgIpc) is 2.68. The fourth-order valence-corrected chi connectivity index (χ4v) is 2.61. The maximum atomic E-state index is 12.4. The molecule has 0 bridgehead atoms. The van der Waals surface area contributed by atoms with Gasteiger partial charge in [-0.25, -0.2) is 0 Å². The summed E-state index contributed by atoms with van der Waals surface area (Å²) >= 11 is 0. The number of rotatable bonds is 8. The number of aryl methyl sites for hydroxylation is 2. The second kappa shape index (κ2) is 9.69. The molecule has 1 atom stereocenters. The van der Waals surface area contributed by atoms with Crippen molar-refractivity contribution in [3.8, 4) is 5.75 Å². The van der Waals surface area contributed by atoms with Crippen molar-refractivity contribution in [2.45, 2.75) is 33.8 Å². The minimum atomic E-state index is -0.942. The molecule has 0 aliphatic rings. The van der Waals surface area contributed by atoms with Crippen molar-refractivity contribution in [3.63, 3.8) is 0 Å². The molecule has 28 heavy (non-hydrogen) atoms. The molecule has 0 saturated heterocycles. The number of para-hydroxylation sites is 1. The van der Waals surface area contributed by atoms with E-state index in [2.05, 4.69) is 5.32 Å². The molecule has 6 heteroatoms. The Hall–Kier alpha value is -3.15. The minimum Gasteiger partial charge on any atom is -0.493 e. The average molecular weight is 383 g/mol. The number of nitrogens with one attached hydrogen (secondary N) is 1. The summed E-state index contributed by atoms with van der Waals surface area (Å²) in [6.45, 7) is 7.29. The maximum absolute atomic E-state index is 12.4. The Morgan fingerprint density at radius 1 is 1.04 bits per heavy atom. The Balaban J connectivity index is 1.92. The van der Waals surface area contributed by atoms with Crippen molar-refractivity contribution in [2.75, 3.05) is 13.2 Å². The van der Waals surface area contributed by atoms with Crippen LogP contribution in [0.5, 0.6) is 5.75 Å². The number of carbonyl (C=O) groups excluding carboxylic acids is 3. The second-order valence-electron chi connectivity index (χ2n) is 6.41. The van der Waals surface area contributed by atoms with Crippen LogP contribution in [-0.2, 0) is 9.53 Å². The highest BCUT2D eigenvalue weighted by Gasteiger charge is 2.21. The number of ketones is 1. The number of Topliss-reactive ketones (excluding diaryl/α,β-unsaturated/α-hetero) is 1. The zero-order valence-corrected chi connectivity index (χ0v) is 16.6. The summed E-state index contributed by atoms with van der Waals surface area (Å²) in [5.74, 6) is -0.986. The van der Waals surface area contributed by atoms with Crippen LogP contribution in [0, 0.1) is 13.8 Å². The van der Waals surface area contributed by atoms with Gasteiger partial charge in [0.05, 0.1) is 12.2 Å². The van der Waals surface area contributed by atoms with Crippen molar-refractivity contribution in [1.82, 2.24) is 5.32 Å². The Labute approximate surface area is 164 Å². The molecule has 2 rings (SSSR count). The Morgan fingerprint density at radius 3 is 2.43 bits per heavy atom. The molecule has 6 nitrogen and oxygen atoms in total. The molecular weight excluding hydrogens is 358 g/mol. The van der Waals surface area contributed by atoms with Gasteiger partial charge in [0, 0.05) is 5.56 Å². The molecule has 0 fully saturated rings. The lowest BCUT2D eigenvalue weighted by Gasteiger charge is -2.14. The summed E-state index contributed by atoms with van der Waals surface area (Å²) in [6, 6.07) is 12.1. The molecule has 0 aliphatic carbocycles. The zero-order chi connectivity index (χ0) is 20.7. The predicted octanol–water partition coefficient (Wildman–Crippen LogP) is 3.25. The van der Waals surface area contributed by atoms with Crippen LogP contribution < -0.4 is 10.1 Å². The molecule has 0 aromatic heterocycles. The topological polar surface area (TPSA) is 81.7 Å². The molecule has 1 amide bonds. The first kappa shape index (κ1) is 21.2. The SMILES string of the molecule is CCOc1ccccc1C(=O)NCC(=O)OC(C)C(=O)c1ccc(C)c(C)c1. The Morgan fingerprint density at radius 2 is 1.75 bits per heavy atom. The highest BCUT2D eigenvalue weighted by Crippen LogP contribution is 2.17. The molecule has 0 saturated carbocycles. The first-order valence-electron chi connectivity index (χ1n) is 9.14. The van der Waals surface area contributed by atoms with Gasteiger partial charge in [-0.3, -0.25) is 14.4 Å². The first-order valence-corrected chi connectivity index (χ1v) is 9.14. The molecular formula is C22H25NO5. The fourth-order valence-electron chi connectivity index (χ4n) is 2.61. The van der Waals surface area contributed by atoms with E-state index < -0.39 is 18.0 Å². The summed E-state index contributed by atoms with van der Waals surface area (Å²) in [6.07, 6.45) is -0.942. The smallest absolute Gasteiger partial charge is 0.326 e. The number of hydrogen-bond donors (Lipinski definition) is 1. The molecule has 1 N–H and O–H groups in total. The molecule has 0 aliphatic heterocycles. The zero-order valence-electron chi connectivity index (χ0n) is 16.6. The maximum Gasteiger partial charge on any atom is 0.326 e. The molecule has 2 aromatic rings. The quantitative estimate of drug-likeness (QED) is 0.559. The summed E-state index contributed by atoms with van der Waals surface area (Å²) in [7, 11) is 0. The molecule has 0 radical (unpaired) electrons. The van der Waals surface area contributed by atoms with Gasteiger partial charge in [0.2, 0.25) is 5.78 Å². The minimum absolute atomic E-state index is 0.288. The fraction of sp³-hybridized carbons (Fsp3) is 0.318. The van der Waals surface area contributed by atoms with Gasteiger partial charge in [0.15, 0.2) is 6.10 Å². The third-order valence-corrected chi connectivity index (χ3v) is 4.29. The normalized spacial score (nSPS) is 11.4.